The van der Waals surface area contributed by atoms with Gasteiger partial charge in [-0.3, -0.25) is 5.32 Å². The molecule has 2 atom stereocenters. The van der Waals surface area contributed by atoms with Gasteiger partial charge in [-0.2, -0.15) is 5.48 Å². The minimum atomic E-state index is 0.261. The number of rotatable bonds is 8. The van der Waals surface area contributed by atoms with E-state index < -0.39 is 0 Å². The van der Waals surface area contributed by atoms with Gasteiger partial charge in [-0.25, -0.2) is 10.4 Å². The Morgan fingerprint density at radius 3 is 2.67 bits per heavy atom. The van der Waals surface area contributed by atoms with Crippen LogP contribution in [0.2, 0.25) is 0 Å². The van der Waals surface area contributed by atoms with Crippen LogP contribution >= 0.6 is 0 Å². The van der Waals surface area contributed by atoms with Crippen LogP contribution in [0.15, 0.2) is 24.3 Å². The fourth-order valence-corrected chi connectivity index (χ4v) is 2.55. The van der Waals surface area contributed by atoms with E-state index >= 15 is 0 Å². The van der Waals surface area contributed by atoms with Crippen molar-refractivity contribution in [3.05, 3.63) is 35.4 Å². The molecule has 1 aromatic rings. The SMILES string of the molecule is CCONC(CC)c1ccc(CNC2CCN(C)N2)cc1. The maximum absolute atomic E-state index is 5.32. The summed E-state index contributed by atoms with van der Waals surface area (Å²) in [5.41, 5.74) is 9.07. The summed E-state index contributed by atoms with van der Waals surface area (Å²) in [7, 11) is 2.08. The highest BCUT2D eigenvalue weighted by atomic mass is 16.6. The van der Waals surface area contributed by atoms with Crippen molar-refractivity contribution in [3.8, 4) is 0 Å². The Balaban J connectivity index is 1.83. The van der Waals surface area contributed by atoms with Crippen LogP contribution in [0.5, 0.6) is 0 Å². The van der Waals surface area contributed by atoms with Crippen molar-refractivity contribution in [2.45, 2.75) is 45.4 Å². The van der Waals surface area contributed by atoms with Crippen LogP contribution < -0.4 is 16.2 Å². The quantitative estimate of drug-likeness (QED) is 0.639. The molecule has 3 N–H and O–H groups in total. The normalized spacial score (nSPS) is 20.8. The van der Waals surface area contributed by atoms with E-state index in [0.29, 0.717) is 12.8 Å². The van der Waals surface area contributed by atoms with Gasteiger partial charge < -0.3 is 4.84 Å². The van der Waals surface area contributed by atoms with Gasteiger partial charge in [-0.15, -0.1) is 0 Å². The Morgan fingerprint density at radius 1 is 1.33 bits per heavy atom. The largest absolute Gasteiger partial charge is 0.302 e. The zero-order valence-electron chi connectivity index (χ0n) is 13.4. The van der Waals surface area contributed by atoms with Crippen LogP contribution in [-0.2, 0) is 11.4 Å². The fourth-order valence-electron chi connectivity index (χ4n) is 2.55. The molecule has 1 heterocycles. The van der Waals surface area contributed by atoms with E-state index in [0.717, 1.165) is 25.9 Å². The number of benzene rings is 1. The maximum atomic E-state index is 5.32. The van der Waals surface area contributed by atoms with Gasteiger partial charge in [0, 0.05) is 20.1 Å². The number of nitrogens with zero attached hydrogens (tertiary/aromatic N) is 1. The number of hydrogen-bond acceptors (Lipinski definition) is 5. The monoisotopic (exact) mass is 292 g/mol. The lowest BCUT2D eigenvalue weighted by Gasteiger charge is -2.18. The van der Waals surface area contributed by atoms with E-state index in [1.165, 1.54) is 11.1 Å². The third-order valence-corrected chi connectivity index (χ3v) is 3.84. The van der Waals surface area contributed by atoms with Crippen molar-refractivity contribution >= 4 is 0 Å². The van der Waals surface area contributed by atoms with Crippen molar-refractivity contribution < 1.29 is 4.84 Å². The van der Waals surface area contributed by atoms with E-state index in [-0.39, 0.29) is 6.04 Å². The average Bonchev–Trinajstić information content (AvgIpc) is 2.93. The Bertz CT molecular complexity index is 409. The second-order valence-electron chi connectivity index (χ2n) is 5.53. The summed E-state index contributed by atoms with van der Waals surface area (Å²) in [6.07, 6.45) is 2.54. The zero-order valence-corrected chi connectivity index (χ0v) is 13.4. The molecule has 1 fully saturated rings. The molecule has 2 rings (SSSR count). The molecule has 118 valence electrons. The zero-order chi connectivity index (χ0) is 15.1. The number of hydrazine groups is 1. The molecule has 1 aliphatic rings. The molecule has 1 aliphatic heterocycles. The first-order chi connectivity index (χ1) is 10.2. The van der Waals surface area contributed by atoms with Gasteiger partial charge in [-0.1, -0.05) is 31.2 Å². The lowest BCUT2D eigenvalue weighted by Crippen LogP contribution is -2.41. The number of nitrogens with one attached hydrogen (secondary N) is 3. The molecule has 0 spiro atoms. The molecular weight excluding hydrogens is 264 g/mol. The topological polar surface area (TPSA) is 48.6 Å². The van der Waals surface area contributed by atoms with E-state index in [4.69, 9.17) is 4.84 Å². The predicted octanol–water partition coefficient (Wildman–Crippen LogP) is 1.93. The van der Waals surface area contributed by atoms with Gasteiger partial charge in [0.1, 0.15) is 0 Å². The van der Waals surface area contributed by atoms with E-state index in [9.17, 15) is 0 Å². The van der Waals surface area contributed by atoms with E-state index in [2.05, 4.69) is 59.5 Å². The molecule has 0 amide bonds. The molecule has 1 aromatic carbocycles. The average molecular weight is 292 g/mol. The van der Waals surface area contributed by atoms with Crippen LogP contribution in [0.3, 0.4) is 0 Å². The molecule has 2 unspecified atom stereocenters. The van der Waals surface area contributed by atoms with Crippen LogP contribution in [0, 0.1) is 0 Å². The molecule has 0 aliphatic carbocycles. The summed E-state index contributed by atoms with van der Waals surface area (Å²) in [6.45, 7) is 6.82. The van der Waals surface area contributed by atoms with Gasteiger partial charge >= 0.3 is 0 Å². The predicted molar refractivity (Wildman–Crippen MR) is 85.2 cm³/mol. The molecule has 5 heteroatoms. The van der Waals surface area contributed by atoms with Crippen LogP contribution in [-0.4, -0.2) is 31.4 Å². The first-order valence-corrected chi connectivity index (χ1v) is 7.89. The Kier molecular flexibility index (Phi) is 6.60. The standard InChI is InChI=1S/C16H28N4O/c1-4-15(19-21-5-2)14-8-6-13(7-9-14)12-17-16-10-11-20(3)18-16/h6-9,15-19H,4-5,10-12H2,1-3H3. The number of hydroxylamine groups is 1. The molecular formula is C16H28N4O. The van der Waals surface area contributed by atoms with Gasteiger partial charge in [0.15, 0.2) is 0 Å². The summed E-state index contributed by atoms with van der Waals surface area (Å²) in [5.74, 6) is 0. The van der Waals surface area contributed by atoms with Gasteiger partial charge in [-0.05, 0) is 30.9 Å². The second-order valence-corrected chi connectivity index (χ2v) is 5.53. The highest BCUT2D eigenvalue weighted by molar-refractivity contribution is 5.24. The molecule has 1 saturated heterocycles. The minimum Gasteiger partial charge on any atom is -0.302 e. The lowest BCUT2D eigenvalue weighted by atomic mass is 10.0. The van der Waals surface area contributed by atoms with Crippen LogP contribution in [0.4, 0.5) is 0 Å². The van der Waals surface area contributed by atoms with E-state index in [1.54, 1.807) is 0 Å². The maximum Gasteiger partial charge on any atom is 0.0721 e. The molecule has 0 saturated carbocycles. The Morgan fingerprint density at radius 2 is 2.10 bits per heavy atom. The molecule has 21 heavy (non-hydrogen) atoms. The van der Waals surface area contributed by atoms with Crippen molar-refractivity contribution in [1.82, 2.24) is 21.2 Å². The number of hydrogen-bond donors (Lipinski definition) is 3. The summed E-state index contributed by atoms with van der Waals surface area (Å²) in [4.78, 5) is 5.32. The van der Waals surface area contributed by atoms with Crippen LogP contribution in [0.25, 0.3) is 0 Å². The Labute approximate surface area is 128 Å². The fraction of sp³-hybridized carbons (Fsp3) is 0.625. The first kappa shape index (κ1) is 16.4. The Hall–Kier alpha value is -0.980. The van der Waals surface area contributed by atoms with Gasteiger partial charge in [0.05, 0.1) is 18.8 Å². The smallest absolute Gasteiger partial charge is 0.0721 e. The third-order valence-electron chi connectivity index (χ3n) is 3.84. The molecule has 5 nitrogen and oxygen atoms in total. The summed E-state index contributed by atoms with van der Waals surface area (Å²) in [6, 6.07) is 9.02. The summed E-state index contributed by atoms with van der Waals surface area (Å²) < 4.78 is 0. The van der Waals surface area contributed by atoms with Gasteiger partial charge in [0.25, 0.3) is 0 Å². The van der Waals surface area contributed by atoms with Crippen molar-refractivity contribution in [3.63, 3.8) is 0 Å². The lowest BCUT2D eigenvalue weighted by molar-refractivity contribution is 0.0230. The van der Waals surface area contributed by atoms with Crippen LogP contribution in [0.1, 0.15) is 43.9 Å². The first-order valence-electron chi connectivity index (χ1n) is 7.89. The van der Waals surface area contributed by atoms with Crippen molar-refractivity contribution in [2.75, 3.05) is 20.2 Å². The van der Waals surface area contributed by atoms with Crippen molar-refractivity contribution in [2.24, 2.45) is 0 Å². The van der Waals surface area contributed by atoms with E-state index in [1.807, 2.05) is 6.92 Å². The summed E-state index contributed by atoms with van der Waals surface area (Å²) in [5, 5.41) is 5.66. The van der Waals surface area contributed by atoms with Crippen molar-refractivity contribution in [1.29, 1.82) is 0 Å². The highest BCUT2D eigenvalue weighted by Crippen LogP contribution is 2.17. The minimum absolute atomic E-state index is 0.261. The second kappa shape index (κ2) is 8.46. The third kappa shape index (κ3) is 5.05. The molecule has 0 radical (unpaired) electrons. The summed E-state index contributed by atoms with van der Waals surface area (Å²) >= 11 is 0. The van der Waals surface area contributed by atoms with Gasteiger partial charge in [0.2, 0.25) is 0 Å². The molecule has 0 bridgehead atoms. The highest BCUT2D eigenvalue weighted by Gasteiger charge is 2.17. The molecule has 0 aromatic heterocycles.